The van der Waals surface area contributed by atoms with Crippen molar-refractivity contribution >= 4 is 11.9 Å². The van der Waals surface area contributed by atoms with Gasteiger partial charge in [-0.25, -0.2) is 4.79 Å². The number of carboxylic acids is 2. The Balaban J connectivity index is 2.62. The zero-order valence-electron chi connectivity index (χ0n) is 10.8. The molecule has 1 aliphatic carbocycles. The Labute approximate surface area is 115 Å². The molecule has 108 valence electrons. The maximum atomic E-state index is 11.7. The highest BCUT2D eigenvalue weighted by atomic mass is 16.4. The van der Waals surface area contributed by atoms with Gasteiger partial charge in [0, 0.05) is 11.6 Å². The molecule has 4 N–H and O–H groups in total. The number of benzene rings is 1. The number of aliphatic carboxylic acids is 1. The monoisotopic (exact) mass is 280 g/mol. The Morgan fingerprint density at radius 1 is 0.950 bits per heavy atom. The van der Waals surface area contributed by atoms with Gasteiger partial charge in [-0.2, -0.15) is 0 Å². The van der Waals surface area contributed by atoms with Crippen LogP contribution in [-0.2, 0) is 10.2 Å². The minimum atomic E-state index is -1.36. The number of hydrogen-bond donors (Lipinski definition) is 4. The molecule has 1 aliphatic rings. The smallest absolute Gasteiger partial charge is 0.339 e. The molecule has 20 heavy (non-hydrogen) atoms. The zero-order chi connectivity index (χ0) is 14.9. The predicted molar refractivity (Wildman–Crippen MR) is 69.1 cm³/mol. The van der Waals surface area contributed by atoms with Crippen LogP contribution in [0.2, 0.25) is 0 Å². The van der Waals surface area contributed by atoms with Crippen molar-refractivity contribution in [3.63, 3.8) is 0 Å². The summed E-state index contributed by atoms with van der Waals surface area (Å²) in [6.45, 7) is 0. The largest absolute Gasteiger partial charge is 0.507 e. The van der Waals surface area contributed by atoms with Crippen molar-refractivity contribution in [2.75, 3.05) is 0 Å². The van der Waals surface area contributed by atoms with E-state index in [1.165, 1.54) is 0 Å². The van der Waals surface area contributed by atoms with Crippen LogP contribution in [0.25, 0.3) is 0 Å². The van der Waals surface area contributed by atoms with E-state index in [9.17, 15) is 24.9 Å². The standard InChI is InChI=1S/C14H16O6/c15-10-7-11(16)9(6-8(10)12(17)18)14(13(19)20)4-2-1-3-5-14/h6-7,15-16H,1-5H2,(H,17,18)(H,19,20). The number of carbonyl (C=O) groups is 2. The highest BCUT2D eigenvalue weighted by molar-refractivity contribution is 5.92. The predicted octanol–water partition coefficient (Wildman–Crippen LogP) is 2.08. The Bertz CT molecular complexity index is 557. The quantitative estimate of drug-likeness (QED) is 0.673. The van der Waals surface area contributed by atoms with Gasteiger partial charge in [0.05, 0.1) is 5.41 Å². The molecule has 1 saturated carbocycles. The summed E-state index contributed by atoms with van der Waals surface area (Å²) in [5, 5.41) is 38.0. The van der Waals surface area contributed by atoms with Gasteiger partial charge in [0.1, 0.15) is 17.1 Å². The third-order valence-electron chi connectivity index (χ3n) is 3.98. The number of hydrogen-bond acceptors (Lipinski definition) is 4. The molecule has 6 nitrogen and oxygen atoms in total. The lowest BCUT2D eigenvalue weighted by Gasteiger charge is -2.34. The van der Waals surface area contributed by atoms with Crippen molar-refractivity contribution in [2.24, 2.45) is 0 Å². The van der Waals surface area contributed by atoms with Crippen LogP contribution in [0, 0.1) is 0 Å². The molecule has 0 spiro atoms. The summed E-state index contributed by atoms with van der Waals surface area (Å²) in [5.41, 5.74) is -1.61. The van der Waals surface area contributed by atoms with Crippen molar-refractivity contribution < 1.29 is 30.0 Å². The topological polar surface area (TPSA) is 115 Å². The van der Waals surface area contributed by atoms with Gasteiger partial charge in [-0.15, -0.1) is 0 Å². The van der Waals surface area contributed by atoms with E-state index in [0.29, 0.717) is 25.7 Å². The average Bonchev–Trinajstić information content (AvgIpc) is 2.38. The van der Waals surface area contributed by atoms with Crippen LogP contribution in [0.15, 0.2) is 12.1 Å². The molecule has 2 rings (SSSR count). The highest BCUT2D eigenvalue weighted by Crippen LogP contribution is 2.45. The third-order valence-corrected chi connectivity index (χ3v) is 3.98. The fourth-order valence-electron chi connectivity index (χ4n) is 2.89. The SMILES string of the molecule is O=C(O)c1cc(C2(C(=O)O)CCCCC2)c(O)cc1O. The number of carboxylic acid groups (broad SMARTS) is 2. The Morgan fingerprint density at radius 3 is 2.05 bits per heavy atom. The minimum Gasteiger partial charge on any atom is -0.507 e. The molecular weight excluding hydrogens is 264 g/mol. The summed E-state index contributed by atoms with van der Waals surface area (Å²) in [7, 11) is 0. The molecule has 0 unspecified atom stereocenters. The van der Waals surface area contributed by atoms with Gasteiger partial charge in [-0.3, -0.25) is 4.79 Å². The fraction of sp³-hybridized carbons (Fsp3) is 0.429. The molecule has 6 heteroatoms. The summed E-state index contributed by atoms with van der Waals surface area (Å²) in [4.78, 5) is 22.7. The summed E-state index contributed by atoms with van der Waals surface area (Å²) in [5.74, 6) is -3.39. The lowest BCUT2D eigenvalue weighted by Crippen LogP contribution is -2.38. The van der Waals surface area contributed by atoms with Crippen molar-refractivity contribution in [3.05, 3.63) is 23.3 Å². The number of aromatic carboxylic acids is 1. The van der Waals surface area contributed by atoms with Crippen LogP contribution in [0.4, 0.5) is 0 Å². The van der Waals surface area contributed by atoms with Gasteiger partial charge in [-0.1, -0.05) is 19.3 Å². The second kappa shape index (κ2) is 5.03. The third kappa shape index (κ3) is 2.17. The Kier molecular flexibility index (Phi) is 3.57. The number of rotatable bonds is 3. The first-order valence-electron chi connectivity index (χ1n) is 6.41. The molecule has 0 amide bonds. The molecule has 0 aromatic heterocycles. The molecular formula is C14H16O6. The number of aromatic hydroxyl groups is 2. The van der Waals surface area contributed by atoms with Crippen LogP contribution in [0.3, 0.4) is 0 Å². The maximum absolute atomic E-state index is 11.7. The van der Waals surface area contributed by atoms with Gasteiger partial charge < -0.3 is 20.4 Å². The van der Waals surface area contributed by atoms with Gasteiger partial charge in [0.15, 0.2) is 0 Å². The maximum Gasteiger partial charge on any atom is 0.339 e. The highest BCUT2D eigenvalue weighted by Gasteiger charge is 2.43. The first-order chi connectivity index (χ1) is 9.38. The minimum absolute atomic E-state index is 0.0694. The Morgan fingerprint density at radius 2 is 1.55 bits per heavy atom. The fourth-order valence-corrected chi connectivity index (χ4v) is 2.89. The number of phenolic OH excluding ortho intramolecular Hbond substituents is 1. The van der Waals surface area contributed by atoms with Crippen LogP contribution >= 0.6 is 0 Å². The van der Waals surface area contributed by atoms with E-state index in [2.05, 4.69) is 0 Å². The molecule has 1 aromatic rings. The molecule has 0 saturated heterocycles. The van der Waals surface area contributed by atoms with Crippen LogP contribution < -0.4 is 0 Å². The first kappa shape index (κ1) is 14.2. The lowest BCUT2D eigenvalue weighted by molar-refractivity contribution is -0.145. The van der Waals surface area contributed by atoms with Crippen molar-refractivity contribution in [1.82, 2.24) is 0 Å². The number of phenols is 2. The van der Waals surface area contributed by atoms with Crippen molar-refractivity contribution in [2.45, 2.75) is 37.5 Å². The second-order valence-corrected chi connectivity index (χ2v) is 5.14. The van der Waals surface area contributed by atoms with Gasteiger partial charge in [0.25, 0.3) is 0 Å². The molecule has 1 fully saturated rings. The first-order valence-corrected chi connectivity index (χ1v) is 6.41. The van der Waals surface area contributed by atoms with Crippen LogP contribution in [0.5, 0.6) is 11.5 Å². The van der Waals surface area contributed by atoms with E-state index in [0.717, 1.165) is 18.6 Å². The van der Waals surface area contributed by atoms with Gasteiger partial charge in [0.2, 0.25) is 0 Å². The summed E-state index contributed by atoms with van der Waals surface area (Å²) >= 11 is 0. The normalized spacial score (nSPS) is 17.6. The van der Waals surface area contributed by atoms with E-state index in [1.54, 1.807) is 0 Å². The van der Waals surface area contributed by atoms with E-state index < -0.39 is 28.7 Å². The summed E-state index contributed by atoms with van der Waals surface area (Å²) < 4.78 is 0. The van der Waals surface area contributed by atoms with Crippen molar-refractivity contribution in [1.29, 1.82) is 0 Å². The molecule has 0 atom stereocenters. The lowest BCUT2D eigenvalue weighted by atomic mass is 9.69. The summed E-state index contributed by atoms with van der Waals surface area (Å²) in [6, 6.07) is 1.98. The molecule has 0 bridgehead atoms. The Hall–Kier alpha value is -2.24. The van der Waals surface area contributed by atoms with E-state index in [4.69, 9.17) is 5.11 Å². The van der Waals surface area contributed by atoms with Crippen LogP contribution in [-0.4, -0.2) is 32.4 Å². The van der Waals surface area contributed by atoms with Crippen molar-refractivity contribution in [3.8, 4) is 11.5 Å². The van der Waals surface area contributed by atoms with Gasteiger partial charge >= 0.3 is 11.9 Å². The molecule has 0 radical (unpaired) electrons. The van der Waals surface area contributed by atoms with E-state index in [-0.39, 0.29) is 11.3 Å². The second-order valence-electron chi connectivity index (χ2n) is 5.14. The molecule has 1 aromatic carbocycles. The van der Waals surface area contributed by atoms with E-state index in [1.807, 2.05) is 0 Å². The molecule has 0 heterocycles. The summed E-state index contributed by atoms with van der Waals surface area (Å²) in [6.07, 6.45) is 3.02. The zero-order valence-corrected chi connectivity index (χ0v) is 10.8. The van der Waals surface area contributed by atoms with Gasteiger partial charge in [-0.05, 0) is 18.9 Å². The van der Waals surface area contributed by atoms with Crippen LogP contribution in [0.1, 0.15) is 48.0 Å². The van der Waals surface area contributed by atoms with E-state index >= 15 is 0 Å². The average molecular weight is 280 g/mol. The molecule has 0 aliphatic heterocycles.